The fourth-order valence-electron chi connectivity index (χ4n) is 3.83. The maximum atomic E-state index is 13.1. The van der Waals surface area contributed by atoms with Crippen LogP contribution in [0.15, 0.2) is 60.2 Å². The number of alkyl halides is 3. The predicted octanol–water partition coefficient (Wildman–Crippen LogP) is 6.73. The SMILES string of the molecule is C\C=C/C(=C\C(=C\CC)C(F)(F)F)c1cc2n(n1)CCCC2.c1ccc2c(c1)CCN2. The van der Waals surface area contributed by atoms with E-state index < -0.39 is 11.7 Å². The van der Waals surface area contributed by atoms with Crippen LogP contribution in [-0.2, 0) is 19.4 Å². The smallest absolute Gasteiger partial charge is 0.384 e. The lowest BCUT2D eigenvalue weighted by atomic mass is 10.0. The largest absolute Gasteiger partial charge is 0.416 e. The van der Waals surface area contributed by atoms with Crippen molar-refractivity contribution in [1.82, 2.24) is 9.78 Å². The van der Waals surface area contributed by atoms with Gasteiger partial charge in [0, 0.05) is 30.0 Å². The number of aromatic nitrogens is 2. The number of allylic oxidation sites excluding steroid dienone is 6. The van der Waals surface area contributed by atoms with Gasteiger partial charge < -0.3 is 5.32 Å². The van der Waals surface area contributed by atoms with Gasteiger partial charge >= 0.3 is 6.18 Å². The van der Waals surface area contributed by atoms with Gasteiger partial charge in [-0.3, -0.25) is 4.68 Å². The van der Waals surface area contributed by atoms with Crippen LogP contribution >= 0.6 is 0 Å². The van der Waals surface area contributed by atoms with Crippen LogP contribution in [0.2, 0.25) is 0 Å². The number of rotatable bonds is 4. The van der Waals surface area contributed by atoms with Gasteiger partial charge in [-0.1, -0.05) is 43.4 Å². The van der Waals surface area contributed by atoms with Crippen molar-refractivity contribution in [3.05, 3.63) is 77.2 Å². The number of hydrogen-bond donors (Lipinski definition) is 1. The minimum atomic E-state index is -4.35. The summed E-state index contributed by atoms with van der Waals surface area (Å²) in [4.78, 5) is 0. The minimum absolute atomic E-state index is 0.341. The second-order valence-corrected chi connectivity index (χ2v) is 7.70. The van der Waals surface area contributed by atoms with Crippen molar-refractivity contribution in [2.45, 2.75) is 58.7 Å². The zero-order valence-electron chi connectivity index (χ0n) is 18.2. The summed E-state index contributed by atoms with van der Waals surface area (Å²) in [6.45, 7) is 5.44. The number of anilines is 1. The molecule has 0 fully saturated rings. The maximum Gasteiger partial charge on any atom is 0.416 e. The molecule has 2 aliphatic heterocycles. The molecule has 3 nitrogen and oxygen atoms in total. The molecule has 0 aliphatic carbocycles. The second-order valence-electron chi connectivity index (χ2n) is 7.70. The topological polar surface area (TPSA) is 29.9 Å². The number of para-hydroxylation sites is 1. The first-order valence-electron chi connectivity index (χ1n) is 10.9. The molecule has 2 aliphatic rings. The van der Waals surface area contributed by atoms with Gasteiger partial charge in [0.15, 0.2) is 0 Å². The Morgan fingerprint density at radius 2 is 2.00 bits per heavy atom. The van der Waals surface area contributed by atoms with Gasteiger partial charge in [0.2, 0.25) is 0 Å². The Balaban J connectivity index is 0.000000248. The third-order valence-corrected chi connectivity index (χ3v) is 5.35. The molecular weight excluding hydrogens is 399 g/mol. The highest BCUT2D eigenvalue weighted by molar-refractivity contribution is 5.74. The number of nitrogens with zero attached hydrogens (tertiary/aromatic N) is 2. The number of fused-ring (bicyclic) bond motifs is 2. The van der Waals surface area contributed by atoms with Gasteiger partial charge in [-0.25, -0.2) is 0 Å². The van der Waals surface area contributed by atoms with Gasteiger partial charge in [0.25, 0.3) is 0 Å². The van der Waals surface area contributed by atoms with Crippen molar-refractivity contribution in [2.24, 2.45) is 0 Å². The molecular formula is C25H30F3N3. The number of hydrogen-bond acceptors (Lipinski definition) is 2. The molecule has 0 radical (unpaired) electrons. The Morgan fingerprint density at radius 1 is 1.19 bits per heavy atom. The first kappa shape index (κ1) is 22.9. The molecule has 0 bridgehead atoms. The van der Waals surface area contributed by atoms with Gasteiger partial charge in [0.05, 0.1) is 11.3 Å². The third-order valence-electron chi connectivity index (χ3n) is 5.35. The van der Waals surface area contributed by atoms with E-state index in [0.717, 1.165) is 38.0 Å². The van der Waals surface area contributed by atoms with Crippen molar-refractivity contribution in [1.29, 1.82) is 0 Å². The summed E-state index contributed by atoms with van der Waals surface area (Å²) in [5.41, 5.74) is 4.37. The van der Waals surface area contributed by atoms with E-state index >= 15 is 0 Å². The van der Waals surface area contributed by atoms with E-state index in [1.54, 1.807) is 26.0 Å². The van der Waals surface area contributed by atoms with Crippen LogP contribution in [0, 0.1) is 0 Å². The highest BCUT2D eigenvalue weighted by atomic mass is 19.4. The normalized spacial score (nSPS) is 16.4. The van der Waals surface area contributed by atoms with Crippen LogP contribution in [0.25, 0.3) is 5.57 Å². The summed E-state index contributed by atoms with van der Waals surface area (Å²) >= 11 is 0. The van der Waals surface area contributed by atoms with E-state index in [-0.39, 0.29) is 0 Å². The monoisotopic (exact) mass is 429 g/mol. The van der Waals surface area contributed by atoms with Crippen LogP contribution in [0.5, 0.6) is 0 Å². The summed E-state index contributed by atoms with van der Waals surface area (Å²) < 4.78 is 41.2. The Hall–Kier alpha value is -2.76. The van der Waals surface area contributed by atoms with E-state index in [1.165, 1.54) is 29.8 Å². The number of benzene rings is 1. The summed E-state index contributed by atoms with van der Waals surface area (Å²) in [7, 11) is 0. The van der Waals surface area contributed by atoms with Gasteiger partial charge in [0.1, 0.15) is 0 Å². The summed E-state index contributed by atoms with van der Waals surface area (Å²) in [6, 6.07) is 10.4. The lowest BCUT2D eigenvalue weighted by Crippen LogP contribution is -2.11. The standard InChI is InChI=1S/C17H21F3N2.C8H9N/c1-3-7-13(11-14(8-4-2)17(18,19)20)16-12-15-9-5-6-10-22(15)21-16;1-2-4-8-7(3-1)5-6-9-8/h3,7-8,11-12H,4-6,9-10H2,1-2H3;1-4,9H,5-6H2/b7-3-,13-11+,14-8-;. The Kier molecular flexibility index (Phi) is 7.77. The second kappa shape index (κ2) is 10.5. The van der Waals surface area contributed by atoms with Crippen LogP contribution in [0.1, 0.15) is 50.1 Å². The fraction of sp³-hybridized carbons (Fsp3) is 0.400. The molecule has 4 rings (SSSR count). The quantitative estimate of drug-likeness (QED) is 0.546. The first-order chi connectivity index (χ1) is 14.9. The first-order valence-corrected chi connectivity index (χ1v) is 10.9. The lowest BCUT2D eigenvalue weighted by molar-refractivity contribution is -0.0883. The molecule has 166 valence electrons. The molecule has 31 heavy (non-hydrogen) atoms. The average molecular weight is 430 g/mol. The number of nitrogens with one attached hydrogen (secondary N) is 1. The molecule has 0 amide bonds. The summed E-state index contributed by atoms with van der Waals surface area (Å²) in [6.07, 6.45) is 6.13. The van der Waals surface area contributed by atoms with Crippen LogP contribution in [0.3, 0.4) is 0 Å². The van der Waals surface area contributed by atoms with Crippen molar-refractivity contribution in [2.75, 3.05) is 11.9 Å². The zero-order valence-corrected chi connectivity index (χ0v) is 18.2. The minimum Gasteiger partial charge on any atom is -0.384 e. The van der Waals surface area contributed by atoms with E-state index in [0.29, 0.717) is 17.7 Å². The van der Waals surface area contributed by atoms with Crippen LogP contribution in [0.4, 0.5) is 18.9 Å². The van der Waals surface area contributed by atoms with E-state index in [2.05, 4.69) is 34.7 Å². The third kappa shape index (κ3) is 6.12. The Bertz CT molecular complexity index is 918. The Labute approximate surface area is 182 Å². The maximum absolute atomic E-state index is 13.1. The molecule has 0 unspecified atom stereocenters. The van der Waals surface area contributed by atoms with Gasteiger partial charge in [-0.15, -0.1) is 0 Å². The highest BCUT2D eigenvalue weighted by Gasteiger charge is 2.32. The van der Waals surface area contributed by atoms with Crippen molar-refractivity contribution in [3.63, 3.8) is 0 Å². The van der Waals surface area contributed by atoms with E-state index in [4.69, 9.17) is 0 Å². The van der Waals surface area contributed by atoms with Crippen molar-refractivity contribution >= 4 is 11.3 Å². The summed E-state index contributed by atoms with van der Waals surface area (Å²) in [5, 5.41) is 7.77. The summed E-state index contributed by atoms with van der Waals surface area (Å²) in [5.74, 6) is 0. The molecule has 0 saturated heterocycles. The zero-order chi connectivity index (χ0) is 22.3. The van der Waals surface area contributed by atoms with Crippen molar-refractivity contribution < 1.29 is 13.2 Å². The molecule has 1 N–H and O–H groups in total. The van der Waals surface area contributed by atoms with Crippen LogP contribution in [-0.4, -0.2) is 22.5 Å². The lowest BCUT2D eigenvalue weighted by Gasteiger charge is -2.11. The molecule has 0 atom stereocenters. The molecule has 6 heteroatoms. The number of aryl methyl sites for hydroxylation is 2. The number of halogens is 3. The molecule has 3 heterocycles. The average Bonchev–Trinajstić information content (AvgIpc) is 3.39. The molecule has 1 aromatic heterocycles. The fourth-order valence-corrected chi connectivity index (χ4v) is 3.83. The molecule has 0 saturated carbocycles. The predicted molar refractivity (Wildman–Crippen MR) is 121 cm³/mol. The van der Waals surface area contributed by atoms with Crippen molar-refractivity contribution in [3.8, 4) is 0 Å². The van der Waals surface area contributed by atoms with E-state index in [9.17, 15) is 13.2 Å². The van der Waals surface area contributed by atoms with Gasteiger partial charge in [-0.05, 0) is 62.8 Å². The molecule has 2 aromatic rings. The highest BCUT2D eigenvalue weighted by Crippen LogP contribution is 2.31. The Morgan fingerprint density at radius 3 is 2.68 bits per heavy atom. The molecule has 1 aromatic carbocycles. The van der Waals surface area contributed by atoms with E-state index in [1.807, 2.05) is 10.7 Å². The van der Waals surface area contributed by atoms with Crippen LogP contribution < -0.4 is 5.32 Å². The molecule has 0 spiro atoms. The van der Waals surface area contributed by atoms with Gasteiger partial charge in [-0.2, -0.15) is 18.3 Å².